The van der Waals surface area contributed by atoms with E-state index in [1.54, 1.807) is 24.0 Å². The molecule has 3 heterocycles. The first-order valence-corrected chi connectivity index (χ1v) is 8.25. The highest BCUT2D eigenvalue weighted by atomic mass is 16.2. The molecule has 3 aromatic heterocycles. The molecule has 4 aromatic rings. The SMILES string of the molecule is Cn1ncc2c3ccccc3n(CC(=O)NCc3ccccn3)c2c1=O. The van der Waals surface area contributed by atoms with E-state index in [-0.39, 0.29) is 18.0 Å². The van der Waals surface area contributed by atoms with Crippen molar-refractivity contribution in [2.75, 3.05) is 0 Å². The van der Waals surface area contributed by atoms with Crippen molar-refractivity contribution in [1.29, 1.82) is 0 Å². The van der Waals surface area contributed by atoms with Crippen molar-refractivity contribution in [2.45, 2.75) is 13.1 Å². The van der Waals surface area contributed by atoms with Crippen LogP contribution in [0.2, 0.25) is 0 Å². The summed E-state index contributed by atoms with van der Waals surface area (Å²) >= 11 is 0. The Morgan fingerprint density at radius 2 is 1.92 bits per heavy atom. The van der Waals surface area contributed by atoms with Crippen molar-refractivity contribution in [2.24, 2.45) is 7.05 Å². The van der Waals surface area contributed by atoms with Gasteiger partial charge in [0.05, 0.1) is 18.4 Å². The Bertz CT molecular complexity index is 1160. The first kappa shape index (κ1) is 16.0. The van der Waals surface area contributed by atoms with Gasteiger partial charge >= 0.3 is 0 Å². The van der Waals surface area contributed by atoms with Crippen LogP contribution in [0.25, 0.3) is 21.8 Å². The Balaban J connectivity index is 1.72. The van der Waals surface area contributed by atoms with Gasteiger partial charge in [-0.05, 0) is 18.2 Å². The second kappa shape index (κ2) is 6.44. The standard InChI is InChI=1S/C19H17N5O2/c1-23-19(26)18-15(11-22-23)14-7-2-3-8-16(14)24(18)12-17(25)21-10-13-6-4-5-9-20-13/h2-9,11H,10,12H2,1H3,(H,21,25). The number of hydrogen-bond donors (Lipinski definition) is 1. The van der Waals surface area contributed by atoms with Crippen molar-refractivity contribution in [3.05, 3.63) is 70.9 Å². The van der Waals surface area contributed by atoms with E-state index in [9.17, 15) is 9.59 Å². The fraction of sp³-hybridized carbons (Fsp3) is 0.158. The molecule has 0 saturated heterocycles. The van der Waals surface area contributed by atoms with Crippen molar-refractivity contribution < 1.29 is 4.79 Å². The molecule has 130 valence electrons. The Morgan fingerprint density at radius 3 is 2.73 bits per heavy atom. The highest BCUT2D eigenvalue weighted by Gasteiger charge is 2.16. The number of nitrogens with zero attached hydrogens (tertiary/aromatic N) is 4. The largest absolute Gasteiger partial charge is 0.349 e. The molecular formula is C19H17N5O2. The summed E-state index contributed by atoms with van der Waals surface area (Å²) in [5.74, 6) is -0.183. The molecular weight excluding hydrogens is 330 g/mol. The number of hydrogen-bond acceptors (Lipinski definition) is 4. The third kappa shape index (κ3) is 2.73. The molecule has 0 spiro atoms. The molecule has 1 N–H and O–H groups in total. The van der Waals surface area contributed by atoms with Crippen LogP contribution in [-0.4, -0.2) is 25.2 Å². The molecule has 0 aliphatic carbocycles. The van der Waals surface area contributed by atoms with Crippen LogP contribution in [-0.2, 0) is 24.9 Å². The molecule has 0 aliphatic heterocycles. The lowest BCUT2D eigenvalue weighted by Gasteiger charge is -2.08. The van der Waals surface area contributed by atoms with Crippen LogP contribution < -0.4 is 10.9 Å². The number of carbonyl (C=O) groups is 1. The van der Waals surface area contributed by atoms with Crippen molar-refractivity contribution in [3.8, 4) is 0 Å². The van der Waals surface area contributed by atoms with E-state index in [2.05, 4.69) is 15.4 Å². The number of benzene rings is 1. The maximum absolute atomic E-state index is 12.6. The zero-order chi connectivity index (χ0) is 18.1. The molecule has 0 fully saturated rings. The lowest BCUT2D eigenvalue weighted by molar-refractivity contribution is -0.121. The quantitative estimate of drug-likeness (QED) is 0.608. The molecule has 0 radical (unpaired) electrons. The van der Waals surface area contributed by atoms with E-state index >= 15 is 0 Å². The number of amides is 1. The zero-order valence-electron chi connectivity index (χ0n) is 14.2. The molecule has 0 bridgehead atoms. The summed E-state index contributed by atoms with van der Waals surface area (Å²) in [5, 5.41) is 8.62. The minimum Gasteiger partial charge on any atom is -0.349 e. The van der Waals surface area contributed by atoms with Crippen molar-refractivity contribution in [3.63, 3.8) is 0 Å². The van der Waals surface area contributed by atoms with E-state index in [1.807, 2.05) is 42.5 Å². The van der Waals surface area contributed by atoms with Gasteiger partial charge in [-0.3, -0.25) is 14.6 Å². The van der Waals surface area contributed by atoms with Gasteiger partial charge in [0.15, 0.2) is 0 Å². The van der Waals surface area contributed by atoms with E-state index in [1.165, 1.54) is 4.68 Å². The predicted octanol–water partition coefficient (Wildman–Crippen LogP) is 1.60. The van der Waals surface area contributed by atoms with Gasteiger partial charge in [-0.1, -0.05) is 24.3 Å². The smallest absolute Gasteiger partial charge is 0.291 e. The van der Waals surface area contributed by atoms with E-state index < -0.39 is 0 Å². The first-order chi connectivity index (χ1) is 12.6. The van der Waals surface area contributed by atoms with Crippen LogP contribution in [0.15, 0.2) is 59.7 Å². The Labute approximate surface area is 148 Å². The van der Waals surface area contributed by atoms with Gasteiger partial charge in [-0.15, -0.1) is 0 Å². The zero-order valence-corrected chi connectivity index (χ0v) is 14.2. The minimum atomic E-state index is -0.226. The molecule has 1 amide bonds. The van der Waals surface area contributed by atoms with E-state index in [0.717, 1.165) is 22.0 Å². The highest BCUT2D eigenvalue weighted by molar-refractivity contribution is 6.07. The van der Waals surface area contributed by atoms with Gasteiger partial charge < -0.3 is 9.88 Å². The minimum absolute atomic E-state index is 0.0517. The van der Waals surface area contributed by atoms with Gasteiger partial charge in [0, 0.05) is 29.5 Å². The van der Waals surface area contributed by atoms with Crippen LogP contribution in [0, 0.1) is 0 Å². The van der Waals surface area contributed by atoms with Crippen LogP contribution in [0.4, 0.5) is 0 Å². The van der Waals surface area contributed by atoms with Gasteiger partial charge in [-0.25, -0.2) is 4.68 Å². The second-order valence-corrected chi connectivity index (χ2v) is 6.04. The maximum Gasteiger partial charge on any atom is 0.291 e. The Hall–Kier alpha value is -3.48. The molecule has 0 saturated carbocycles. The molecule has 1 aromatic carbocycles. The summed E-state index contributed by atoms with van der Waals surface area (Å²) in [7, 11) is 1.60. The van der Waals surface area contributed by atoms with Crippen LogP contribution >= 0.6 is 0 Å². The molecule has 0 atom stereocenters. The summed E-state index contributed by atoms with van der Waals surface area (Å²) in [6.07, 6.45) is 3.35. The average Bonchev–Trinajstić information content (AvgIpc) is 2.98. The van der Waals surface area contributed by atoms with Gasteiger partial charge in [0.25, 0.3) is 5.56 Å². The van der Waals surface area contributed by atoms with Crippen LogP contribution in [0.1, 0.15) is 5.69 Å². The Morgan fingerprint density at radius 1 is 1.12 bits per heavy atom. The monoisotopic (exact) mass is 347 g/mol. The maximum atomic E-state index is 12.6. The summed E-state index contributed by atoms with van der Waals surface area (Å²) in [4.78, 5) is 29.3. The van der Waals surface area contributed by atoms with Gasteiger partial charge in [-0.2, -0.15) is 5.10 Å². The number of aryl methyl sites for hydroxylation is 1. The van der Waals surface area contributed by atoms with Gasteiger partial charge in [0.1, 0.15) is 12.1 Å². The summed E-state index contributed by atoms with van der Waals surface area (Å²) < 4.78 is 3.03. The number of nitrogens with one attached hydrogen (secondary N) is 1. The fourth-order valence-electron chi connectivity index (χ4n) is 3.10. The number of para-hydroxylation sites is 1. The lowest BCUT2D eigenvalue weighted by atomic mass is 10.2. The number of carbonyl (C=O) groups excluding carboxylic acids is 1. The number of pyridine rings is 1. The molecule has 0 unspecified atom stereocenters. The van der Waals surface area contributed by atoms with E-state index in [0.29, 0.717) is 12.1 Å². The average molecular weight is 347 g/mol. The fourth-order valence-corrected chi connectivity index (χ4v) is 3.10. The van der Waals surface area contributed by atoms with Crippen LogP contribution in [0.5, 0.6) is 0 Å². The topological polar surface area (TPSA) is 81.8 Å². The number of rotatable bonds is 4. The van der Waals surface area contributed by atoms with Gasteiger partial charge in [0.2, 0.25) is 5.91 Å². The van der Waals surface area contributed by atoms with Crippen molar-refractivity contribution in [1.82, 2.24) is 24.6 Å². The third-order valence-electron chi connectivity index (χ3n) is 4.36. The van der Waals surface area contributed by atoms with Crippen molar-refractivity contribution >= 4 is 27.7 Å². The summed E-state index contributed by atoms with van der Waals surface area (Å²) in [5.41, 5.74) is 1.87. The van der Waals surface area contributed by atoms with Crippen LogP contribution in [0.3, 0.4) is 0 Å². The number of aromatic nitrogens is 4. The Kier molecular flexibility index (Phi) is 3.96. The predicted molar refractivity (Wildman–Crippen MR) is 98.6 cm³/mol. The molecule has 26 heavy (non-hydrogen) atoms. The lowest BCUT2D eigenvalue weighted by Crippen LogP contribution is -2.29. The third-order valence-corrected chi connectivity index (χ3v) is 4.36. The summed E-state index contributed by atoms with van der Waals surface area (Å²) in [6.45, 7) is 0.395. The molecule has 0 aliphatic rings. The van der Waals surface area contributed by atoms with E-state index in [4.69, 9.17) is 0 Å². The molecule has 7 heteroatoms. The highest BCUT2D eigenvalue weighted by Crippen LogP contribution is 2.25. The second-order valence-electron chi connectivity index (χ2n) is 6.04. The first-order valence-electron chi connectivity index (χ1n) is 8.25. The molecule has 7 nitrogen and oxygen atoms in total. The summed E-state index contributed by atoms with van der Waals surface area (Å²) in [6, 6.07) is 13.2. The normalized spacial score (nSPS) is 11.1. The molecule has 4 rings (SSSR count). The number of fused-ring (bicyclic) bond motifs is 3.